The number of carbonyl (C=O) groups excluding carboxylic acids is 1. The van der Waals surface area contributed by atoms with Crippen molar-refractivity contribution in [3.05, 3.63) is 30.1 Å². The van der Waals surface area contributed by atoms with E-state index in [0.717, 1.165) is 12.1 Å². The van der Waals surface area contributed by atoms with Gasteiger partial charge < -0.3 is 10.6 Å². The van der Waals surface area contributed by atoms with Crippen LogP contribution < -0.4 is 5.73 Å². The van der Waals surface area contributed by atoms with Gasteiger partial charge in [-0.1, -0.05) is 13.8 Å². The molecule has 2 N–H and O–H groups in total. The second kappa shape index (κ2) is 9.12. The molecule has 1 aliphatic heterocycles. The third-order valence-corrected chi connectivity index (χ3v) is 7.09. The largest absolute Gasteiger partial charge is 0.340 e. The van der Waals surface area contributed by atoms with E-state index >= 15 is 0 Å². The molecule has 2 rings (SSSR count). The zero-order valence-corrected chi connectivity index (χ0v) is 16.8. The highest BCUT2D eigenvalue weighted by Crippen LogP contribution is 2.29. The molecule has 1 saturated heterocycles. The van der Waals surface area contributed by atoms with Crippen molar-refractivity contribution in [3.63, 3.8) is 0 Å². The summed E-state index contributed by atoms with van der Waals surface area (Å²) >= 11 is 0. The van der Waals surface area contributed by atoms with Crippen LogP contribution in [0.2, 0.25) is 0 Å². The van der Waals surface area contributed by atoms with Gasteiger partial charge in [0.25, 0.3) is 0 Å². The maximum absolute atomic E-state index is 13.0. The van der Waals surface area contributed by atoms with Crippen molar-refractivity contribution >= 4 is 28.3 Å². The SMILES string of the molecule is CCC(CC)(CN)C(=O)N1CCN(S(=O)(=O)c2ccc(F)cc2)CC1.Cl. The van der Waals surface area contributed by atoms with Gasteiger partial charge in [0, 0.05) is 32.7 Å². The van der Waals surface area contributed by atoms with Crippen LogP contribution >= 0.6 is 12.4 Å². The molecule has 148 valence electrons. The lowest BCUT2D eigenvalue weighted by Gasteiger charge is -2.39. The smallest absolute Gasteiger partial charge is 0.243 e. The molecule has 9 heteroatoms. The second-order valence-electron chi connectivity index (χ2n) is 6.34. The Morgan fingerprint density at radius 2 is 1.62 bits per heavy atom. The van der Waals surface area contributed by atoms with E-state index in [-0.39, 0.29) is 42.8 Å². The van der Waals surface area contributed by atoms with Crippen molar-refractivity contribution < 1.29 is 17.6 Å². The van der Waals surface area contributed by atoms with E-state index in [1.54, 1.807) is 4.90 Å². The summed E-state index contributed by atoms with van der Waals surface area (Å²) in [5.74, 6) is -0.481. The Bertz CT molecular complexity index is 692. The van der Waals surface area contributed by atoms with E-state index in [1.807, 2.05) is 13.8 Å². The molecule has 26 heavy (non-hydrogen) atoms. The van der Waals surface area contributed by atoms with Crippen LogP contribution in [0.5, 0.6) is 0 Å². The number of rotatable bonds is 6. The van der Waals surface area contributed by atoms with Crippen molar-refractivity contribution in [3.8, 4) is 0 Å². The average molecular weight is 408 g/mol. The Kier molecular flexibility index (Phi) is 8.01. The molecular formula is C17H27ClFN3O3S. The minimum atomic E-state index is -3.68. The first-order valence-electron chi connectivity index (χ1n) is 8.56. The first-order chi connectivity index (χ1) is 11.8. The van der Waals surface area contributed by atoms with Gasteiger partial charge in [-0.3, -0.25) is 4.79 Å². The normalized spacial score (nSPS) is 16.2. The molecule has 0 bridgehead atoms. The van der Waals surface area contributed by atoms with Crippen molar-refractivity contribution in [1.82, 2.24) is 9.21 Å². The van der Waals surface area contributed by atoms with E-state index in [4.69, 9.17) is 5.73 Å². The van der Waals surface area contributed by atoms with Crippen molar-refractivity contribution in [2.45, 2.75) is 31.6 Å². The van der Waals surface area contributed by atoms with Crippen LogP contribution in [0, 0.1) is 11.2 Å². The Hall–Kier alpha value is -1.22. The Morgan fingerprint density at radius 3 is 2.04 bits per heavy atom. The topological polar surface area (TPSA) is 83.7 Å². The van der Waals surface area contributed by atoms with E-state index in [0.29, 0.717) is 25.9 Å². The number of carbonyl (C=O) groups is 1. The number of nitrogens with zero attached hydrogens (tertiary/aromatic N) is 2. The van der Waals surface area contributed by atoms with Crippen LogP contribution in [-0.2, 0) is 14.8 Å². The maximum Gasteiger partial charge on any atom is 0.243 e. The number of halogens is 2. The number of piperazine rings is 1. The second-order valence-corrected chi connectivity index (χ2v) is 8.28. The number of hydrogen-bond acceptors (Lipinski definition) is 4. The summed E-state index contributed by atoms with van der Waals surface area (Å²) in [6.07, 6.45) is 1.32. The van der Waals surface area contributed by atoms with Crippen LogP contribution in [0.15, 0.2) is 29.2 Å². The first kappa shape index (κ1) is 22.8. The predicted octanol–water partition coefficient (Wildman–Crippen LogP) is 1.85. The zero-order chi connectivity index (χ0) is 18.7. The molecule has 6 nitrogen and oxygen atoms in total. The molecule has 0 unspecified atom stereocenters. The molecule has 1 fully saturated rings. The summed E-state index contributed by atoms with van der Waals surface area (Å²) in [5, 5.41) is 0. The maximum atomic E-state index is 13.0. The minimum absolute atomic E-state index is 0. The molecule has 0 spiro atoms. The highest BCUT2D eigenvalue weighted by Gasteiger charge is 2.39. The highest BCUT2D eigenvalue weighted by molar-refractivity contribution is 7.89. The predicted molar refractivity (Wildman–Crippen MR) is 101 cm³/mol. The van der Waals surface area contributed by atoms with Crippen LogP contribution in [0.25, 0.3) is 0 Å². The molecule has 1 heterocycles. The van der Waals surface area contributed by atoms with Gasteiger partial charge in [0.05, 0.1) is 10.3 Å². The number of benzene rings is 1. The summed E-state index contributed by atoms with van der Waals surface area (Å²) in [4.78, 5) is 14.6. The summed E-state index contributed by atoms with van der Waals surface area (Å²) in [6.45, 7) is 5.29. The number of amides is 1. The van der Waals surface area contributed by atoms with Gasteiger partial charge in [-0.05, 0) is 37.1 Å². The van der Waals surface area contributed by atoms with Gasteiger partial charge in [0.1, 0.15) is 5.82 Å². The fourth-order valence-corrected chi connectivity index (χ4v) is 4.57. The highest BCUT2D eigenvalue weighted by atomic mass is 35.5. The van der Waals surface area contributed by atoms with Gasteiger partial charge in [-0.15, -0.1) is 12.4 Å². The van der Waals surface area contributed by atoms with E-state index in [2.05, 4.69) is 0 Å². The third kappa shape index (κ3) is 4.36. The zero-order valence-electron chi connectivity index (χ0n) is 15.2. The van der Waals surface area contributed by atoms with E-state index in [1.165, 1.54) is 16.4 Å². The summed E-state index contributed by atoms with van der Waals surface area (Å²) in [6, 6.07) is 4.78. The Labute approximate surface area is 161 Å². The van der Waals surface area contributed by atoms with Crippen molar-refractivity contribution in [2.24, 2.45) is 11.1 Å². The summed E-state index contributed by atoms with van der Waals surface area (Å²) in [5.41, 5.74) is 5.27. The van der Waals surface area contributed by atoms with Gasteiger partial charge in [0.2, 0.25) is 15.9 Å². The lowest BCUT2D eigenvalue weighted by atomic mass is 9.81. The number of hydrogen-bond donors (Lipinski definition) is 1. The van der Waals surface area contributed by atoms with Crippen LogP contribution in [0.1, 0.15) is 26.7 Å². The molecule has 1 aliphatic rings. The number of sulfonamides is 1. The van der Waals surface area contributed by atoms with Gasteiger partial charge in [0.15, 0.2) is 0 Å². The van der Waals surface area contributed by atoms with Crippen LogP contribution in [-0.4, -0.2) is 56.3 Å². The monoisotopic (exact) mass is 407 g/mol. The molecule has 1 amide bonds. The fraction of sp³-hybridized carbons (Fsp3) is 0.588. The lowest BCUT2D eigenvalue weighted by Crippen LogP contribution is -2.55. The molecule has 0 saturated carbocycles. The van der Waals surface area contributed by atoms with Crippen LogP contribution in [0.4, 0.5) is 4.39 Å². The Morgan fingerprint density at radius 1 is 1.12 bits per heavy atom. The standard InChI is InChI=1S/C17H26FN3O3S.ClH/c1-3-17(4-2,13-19)16(22)20-9-11-21(12-10-20)25(23,24)15-7-5-14(18)6-8-15;/h5-8H,3-4,9-13,19H2,1-2H3;1H. The first-order valence-corrected chi connectivity index (χ1v) is 10.00. The van der Waals surface area contributed by atoms with Crippen LogP contribution in [0.3, 0.4) is 0 Å². The van der Waals surface area contributed by atoms with Crippen molar-refractivity contribution in [2.75, 3.05) is 32.7 Å². The summed E-state index contributed by atoms with van der Waals surface area (Å²) < 4.78 is 39.6. The van der Waals surface area contributed by atoms with Gasteiger partial charge >= 0.3 is 0 Å². The quantitative estimate of drug-likeness (QED) is 0.779. The Balaban J connectivity index is 0.00000338. The summed E-state index contributed by atoms with van der Waals surface area (Å²) in [7, 11) is -3.68. The fourth-order valence-electron chi connectivity index (χ4n) is 3.15. The average Bonchev–Trinajstić information content (AvgIpc) is 2.64. The molecular weight excluding hydrogens is 381 g/mol. The molecule has 0 atom stereocenters. The minimum Gasteiger partial charge on any atom is -0.340 e. The van der Waals surface area contributed by atoms with E-state index < -0.39 is 21.3 Å². The van der Waals surface area contributed by atoms with Gasteiger partial charge in [-0.25, -0.2) is 12.8 Å². The molecule has 1 aromatic carbocycles. The van der Waals surface area contributed by atoms with Gasteiger partial charge in [-0.2, -0.15) is 4.31 Å². The number of nitrogens with two attached hydrogens (primary N) is 1. The molecule has 0 aromatic heterocycles. The lowest BCUT2D eigenvalue weighted by molar-refractivity contribution is -0.143. The molecule has 0 aliphatic carbocycles. The molecule has 1 aromatic rings. The van der Waals surface area contributed by atoms with E-state index in [9.17, 15) is 17.6 Å². The molecule has 0 radical (unpaired) electrons. The third-order valence-electron chi connectivity index (χ3n) is 5.18. The van der Waals surface area contributed by atoms with Crippen molar-refractivity contribution in [1.29, 1.82) is 0 Å².